The first kappa shape index (κ1) is 32.9. The number of sulfonamides is 1. The van der Waals surface area contributed by atoms with Gasteiger partial charge in [0.05, 0.1) is 24.3 Å². The Morgan fingerprint density at radius 1 is 0.905 bits per heavy atom. The van der Waals surface area contributed by atoms with Crippen LogP contribution in [0, 0.1) is 0 Å². The van der Waals surface area contributed by atoms with E-state index in [1.54, 1.807) is 74.7 Å². The highest BCUT2D eigenvalue weighted by Crippen LogP contribution is 2.27. The maximum absolute atomic E-state index is 14.0. The molecule has 0 heterocycles. The van der Waals surface area contributed by atoms with Crippen LogP contribution >= 0.6 is 15.9 Å². The van der Waals surface area contributed by atoms with Crippen molar-refractivity contribution in [2.45, 2.75) is 57.6 Å². The zero-order valence-electron chi connectivity index (χ0n) is 24.5. The van der Waals surface area contributed by atoms with E-state index in [0.717, 1.165) is 20.8 Å². The van der Waals surface area contributed by atoms with Crippen LogP contribution in [-0.4, -0.2) is 57.5 Å². The molecule has 0 aliphatic rings. The monoisotopic (exact) mass is 659 g/mol. The molecule has 0 radical (unpaired) electrons. The SMILES string of the molecule is CCOc1ccc(N(CC(=O)N(Cc2ccc(OC)cc2)[C@H](C)C(=O)N[C@@H](C)CC)S(=O)(=O)c2ccc(Br)cc2)cc1. The standard InChI is InChI=1S/C31H38BrN3O6S/c1-6-22(3)33-31(37)23(4)34(20-24-8-14-27(40-5)15-9-24)30(36)21-35(26-12-16-28(17-13-26)41-7-2)42(38,39)29-18-10-25(32)11-19-29/h8-19,22-23H,6-7,20-21H2,1-5H3,(H,33,37)/t22-,23+/m0/s1. The number of carbonyl (C=O) groups excluding carboxylic acids is 2. The van der Waals surface area contributed by atoms with Crippen molar-refractivity contribution < 1.29 is 27.5 Å². The lowest BCUT2D eigenvalue weighted by Gasteiger charge is -2.32. The van der Waals surface area contributed by atoms with Crippen molar-refractivity contribution in [3.05, 3.63) is 82.8 Å². The summed E-state index contributed by atoms with van der Waals surface area (Å²) in [4.78, 5) is 28.6. The minimum atomic E-state index is -4.17. The number of anilines is 1. The summed E-state index contributed by atoms with van der Waals surface area (Å²) in [5, 5.41) is 2.93. The number of methoxy groups -OCH3 is 1. The van der Waals surface area contributed by atoms with Gasteiger partial charge in [0.1, 0.15) is 24.1 Å². The topological polar surface area (TPSA) is 105 Å². The van der Waals surface area contributed by atoms with Gasteiger partial charge in [-0.2, -0.15) is 0 Å². The van der Waals surface area contributed by atoms with Gasteiger partial charge in [-0.05, 0) is 93.4 Å². The molecule has 0 saturated carbocycles. The van der Waals surface area contributed by atoms with Crippen molar-refractivity contribution in [1.82, 2.24) is 10.2 Å². The summed E-state index contributed by atoms with van der Waals surface area (Å²) in [5.41, 5.74) is 1.05. The van der Waals surface area contributed by atoms with Crippen LogP contribution in [0.2, 0.25) is 0 Å². The van der Waals surface area contributed by atoms with Crippen molar-refractivity contribution in [3.8, 4) is 11.5 Å². The highest BCUT2D eigenvalue weighted by Gasteiger charge is 2.32. The molecule has 226 valence electrons. The molecule has 2 amide bonds. The molecule has 0 fully saturated rings. The molecular formula is C31H38BrN3O6S. The number of nitrogens with one attached hydrogen (secondary N) is 1. The highest BCUT2D eigenvalue weighted by atomic mass is 79.9. The molecule has 0 aliphatic heterocycles. The fourth-order valence-corrected chi connectivity index (χ4v) is 5.79. The normalized spacial score (nSPS) is 12.6. The summed E-state index contributed by atoms with van der Waals surface area (Å²) >= 11 is 3.34. The maximum Gasteiger partial charge on any atom is 0.264 e. The van der Waals surface area contributed by atoms with Gasteiger partial charge in [-0.3, -0.25) is 13.9 Å². The number of benzene rings is 3. The molecule has 11 heteroatoms. The van der Waals surface area contributed by atoms with Crippen molar-refractivity contribution in [1.29, 1.82) is 0 Å². The highest BCUT2D eigenvalue weighted by molar-refractivity contribution is 9.10. The molecule has 0 unspecified atom stereocenters. The molecule has 3 aromatic carbocycles. The lowest BCUT2D eigenvalue weighted by molar-refractivity contribution is -0.139. The molecule has 0 bridgehead atoms. The third-order valence-corrected chi connectivity index (χ3v) is 9.11. The Hall–Kier alpha value is -3.57. The molecule has 0 aliphatic carbocycles. The smallest absolute Gasteiger partial charge is 0.264 e. The van der Waals surface area contributed by atoms with Crippen LogP contribution in [0.25, 0.3) is 0 Å². The zero-order valence-corrected chi connectivity index (χ0v) is 26.9. The van der Waals surface area contributed by atoms with Crippen LogP contribution in [0.4, 0.5) is 5.69 Å². The quantitative estimate of drug-likeness (QED) is 0.249. The van der Waals surface area contributed by atoms with E-state index in [1.165, 1.54) is 17.0 Å². The second-order valence-corrected chi connectivity index (χ2v) is 12.5. The van der Waals surface area contributed by atoms with Crippen LogP contribution in [0.1, 0.15) is 39.7 Å². The van der Waals surface area contributed by atoms with Gasteiger partial charge in [-0.1, -0.05) is 35.0 Å². The summed E-state index contributed by atoms with van der Waals surface area (Å²) in [6.45, 7) is 7.36. The molecule has 2 atom stereocenters. The number of halogens is 1. The summed E-state index contributed by atoms with van der Waals surface area (Å²) in [7, 11) is -2.61. The van der Waals surface area contributed by atoms with Gasteiger partial charge in [-0.25, -0.2) is 8.42 Å². The second-order valence-electron chi connectivity index (χ2n) is 9.76. The Morgan fingerprint density at radius 3 is 2.05 bits per heavy atom. The van der Waals surface area contributed by atoms with Crippen LogP contribution in [0.15, 0.2) is 82.2 Å². The van der Waals surface area contributed by atoms with Crippen LogP contribution < -0.4 is 19.1 Å². The van der Waals surface area contributed by atoms with E-state index in [4.69, 9.17) is 9.47 Å². The molecule has 1 N–H and O–H groups in total. The number of amides is 2. The molecule has 0 spiro atoms. The lowest BCUT2D eigenvalue weighted by atomic mass is 10.1. The Bertz CT molecular complexity index is 1430. The Labute approximate surface area is 257 Å². The fraction of sp³-hybridized carbons (Fsp3) is 0.355. The van der Waals surface area contributed by atoms with Gasteiger partial charge in [0, 0.05) is 17.1 Å². The van der Waals surface area contributed by atoms with Gasteiger partial charge < -0.3 is 19.7 Å². The first-order valence-electron chi connectivity index (χ1n) is 13.7. The largest absolute Gasteiger partial charge is 0.497 e. The number of rotatable bonds is 14. The van der Waals surface area contributed by atoms with Crippen molar-refractivity contribution in [2.75, 3.05) is 24.6 Å². The van der Waals surface area contributed by atoms with E-state index in [9.17, 15) is 18.0 Å². The summed E-state index contributed by atoms with van der Waals surface area (Å²) in [6, 6.07) is 18.9. The third kappa shape index (κ3) is 8.48. The van der Waals surface area contributed by atoms with E-state index in [2.05, 4.69) is 21.2 Å². The van der Waals surface area contributed by atoms with Crippen LogP contribution in [0.3, 0.4) is 0 Å². The second kappa shape index (κ2) is 15.1. The van der Waals surface area contributed by atoms with E-state index in [0.29, 0.717) is 18.1 Å². The minimum absolute atomic E-state index is 0.0247. The van der Waals surface area contributed by atoms with Crippen molar-refractivity contribution in [3.63, 3.8) is 0 Å². The van der Waals surface area contributed by atoms with Gasteiger partial charge in [0.2, 0.25) is 11.8 Å². The van der Waals surface area contributed by atoms with Crippen molar-refractivity contribution in [2.24, 2.45) is 0 Å². The van der Waals surface area contributed by atoms with E-state index in [1.807, 2.05) is 20.8 Å². The van der Waals surface area contributed by atoms with E-state index in [-0.39, 0.29) is 29.1 Å². The summed E-state index contributed by atoms with van der Waals surface area (Å²) < 4.78 is 40.4. The van der Waals surface area contributed by atoms with E-state index >= 15 is 0 Å². The Balaban J connectivity index is 2.02. The number of hydrogen-bond donors (Lipinski definition) is 1. The van der Waals surface area contributed by atoms with Gasteiger partial charge >= 0.3 is 0 Å². The molecule has 0 saturated heterocycles. The maximum atomic E-state index is 14.0. The third-order valence-electron chi connectivity index (χ3n) is 6.80. The number of hydrogen-bond acceptors (Lipinski definition) is 6. The Morgan fingerprint density at radius 2 is 1.50 bits per heavy atom. The first-order valence-corrected chi connectivity index (χ1v) is 16.0. The average molecular weight is 661 g/mol. The lowest BCUT2D eigenvalue weighted by Crippen LogP contribution is -2.52. The van der Waals surface area contributed by atoms with Crippen molar-refractivity contribution >= 4 is 43.5 Å². The van der Waals surface area contributed by atoms with Gasteiger partial charge in [-0.15, -0.1) is 0 Å². The summed E-state index contributed by atoms with van der Waals surface area (Å²) in [5.74, 6) is 0.369. The predicted molar refractivity (Wildman–Crippen MR) is 167 cm³/mol. The number of ether oxygens (including phenoxy) is 2. The molecular weight excluding hydrogens is 622 g/mol. The van der Waals surface area contributed by atoms with Gasteiger partial charge in [0.15, 0.2) is 0 Å². The Kier molecular flexibility index (Phi) is 11.8. The number of nitrogens with zero attached hydrogens (tertiary/aromatic N) is 2. The fourth-order valence-electron chi connectivity index (χ4n) is 4.11. The minimum Gasteiger partial charge on any atom is -0.497 e. The molecule has 3 rings (SSSR count). The molecule has 0 aromatic heterocycles. The van der Waals surface area contributed by atoms with Gasteiger partial charge in [0.25, 0.3) is 10.0 Å². The summed E-state index contributed by atoms with van der Waals surface area (Å²) in [6.07, 6.45) is 0.724. The molecule has 42 heavy (non-hydrogen) atoms. The molecule has 3 aromatic rings. The first-order chi connectivity index (χ1) is 20.0. The van der Waals surface area contributed by atoms with E-state index < -0.39 is 28.5 Å². The van der Waals surface area contributed by atoms with Crippen LogP contribution in [-0.2, 0) is 26.2 Å². The zero-order chi connectivity index (χ0) is 30.9. The number of carbonyl (C=O) groups is 2. The molecule has 9 nitrogen and oxygen atoms in total. The average Bonchev–Trinajstić information content (AvgIpc) is 2.99. The predicted octanol–water partition coefficient (Wildman–Crippen LogP) is 5.38. The van der Waals surface area contributed by atoms with Crippen LogP contribution in [0.5, 0.6) is 11.5 Å².